The normalized spacial score (nSPS) is 47.6. The first-order chi connectivity index (χ1) is 13.8. The van der Waals surface area contributed by atoms with Crippen molar-refractivity contribution in [3.63, 3.8) is 0 Å². The summed E-state index contributed by atoms with van der Waals surface area (Å²) in [5, 5.41) is 21.6. The molecule has 0 bridgehead atoms. The summed E-state index contributed by atoms with van der Waals surface area (Å²) in [5.74, 6) is 4.60. The Balaban J connectivity index is 1.45. The molecular formula is C25H43NO3. The first-order valence-corrected chi connectivity index (χ1v) is 12.3. The van der Waals surface area contributed by atoms with Crippen LogP contribution < -0.4 is 5.32 Å². The number of amides is 1. The lowest BCUT2D eigenvalue weighted by molar-refractivity contribution is -0.130. The second kappa shape index (κ2) is 8.15. The van der Waals surface area contributed by atoms with Crippen molar-refractivity contribution < 1.29 is 15.0 Å². The van der Waals surface area contributed by atoms with Crippen LogP contribution in [0.1, 0.15) is 91.4 Å². The molecule has 2 unspecified atom stereocenters. The minimum Gasteiger partial charge on any atom is -0.393 e. The van der Waals surface area contributed by atoms with Gasteiger partial charge in [0, 0.05) is 6.42 Å². The fraction of sp³-hybridized carbons (Fsp3) is 0.960. The van der Waals surface area contributed by atoms with Gasteiger partial charge in [0.1, 0.15) is 6.73 Å². The molecule has 4 rings (SSSR count). The van der Waals surface area contributed by atoms with E-state index in [1.165, 1.54) is 44.9 Å². The van der Waals surface area contributed by atoms with Crippen molar-refractivity contribution in [1.82, 2.24) is 5.32 Å². The average Bonchev–Trinajstić information content (AvgIpc) is 3.04. The Kier molecular flexibility index (Phi) is 6.07. The molecule has 0 aromatic heterocycles. The third-order valence-corrected chi connectivity index (χ3v) is 10.5. The molecule has 1 amide bonds. The molecule has 4 saturated carbocycles. The molecule has 4 nitrogen and oxygen atoms in total. The largest absolute Gasteiger partial charge is 0.393 e. The lowest BCUT2D eigenvalue weighted by Gasteiger charge is -2.61. The maximum Gasteiger partial charge on any atom is 0.221 e. The van der Waals surface area contributed by atoms with Crippen LogP contribution in [-0.2, 0) is 4.79 Å². The van der Waals surface area contributed by atoms with Gasteiger partial charge >= 0.3 is 0 Å². The van der Waals surface area contributed by atoms with Crippen molar-refractivity contribution in [2.45, 2.75) is 97.5 Å². The first-order valence-electron chi connectivity index (χ1n) is 12.3. The lowest BCUT2D eigenvalue weighted by atomic mass is 9.44. The molecule has 0 saturated heterocycles. The Morgan fingerprint density at radius 1 is 1.03 bits per heavy atom. The second-order valence-electron chi connectivity index (χ2n) is 11.6. The number of rotatable bonds is 5. The standard InChI is InChI=1S/C25H43NO3/c1-16(4-9-23(29)26-15-27)20-7-8-21-19-6-5-17-14-18(28)10-12-24(17,2)22(19)11-13-25(20,21)3/h16-22,27-28H,4-15H2,1-3H3,(H,26,29)/t16?,17-,18-,19+,20-,21+,22+,24?,25-/m1/s1. The number of hydrogen-bond donors (Lipinski definition) is 3. The first kappa shape index (κ1) is 21.6. The second-order valence-corrected chi connectivity index (χ2v) is 11.6. The molecule has 9 atom stereocenters. The van der Waals surface area contributed by atoms with Crippen LogP contribution in [0.15, 0.2) is 0 Å². The van der Waals surface area contributed by atoms with Gasteiger partial charge in [0.2, 0.25) is 5.91 Å². The molecule has 0 aromatic carbocycles. The van der Waals surface area contributed by atoms with E-state index >= 15 is 0 Å². The molecule has 4 aliphatic carbocycles. The van der Waals surface area contributed by atoms with E-state index in [-0.39, 0.29) is 18.7 Å². The summed E-state index contributed by atoms with van der Waals surface area (Å²) in [6.07, 6.45) is 12.8. The molecule has 0 aromatic rings. The fourth-order valence-corrected chi connectivity index (χ4v) is 8.95. The molecule has 0 spiro atoms. The van der Waals surface area contributed by atoms with Gasteiger partial charge in [-0.15, -0.1) is 0 Å². The van der Waals surface area contributed by atoms with Crippen molar-refractivity contribution >= 4 is 5.91 Å². The molecule has 4 heteroatoms. The highest BCUT2D eigenvalue weighted by molar-refractivity contribution is 5.75. The quantitative estimate of drug-likeness (QED) is 0.590. The number of aliphatic hydroxyl groups is 2. The van der Waals surface area contributed by atoms with Crippen LogP contribution in [0.4, 0.5) is 0 Å². The van der Waals surface area contributed by atoms with Crippen LogP contribution >= 0.6 is 0 Å². The molecule has 4 aliphatic rings. The van der Waals surface area contributed by atoms with Crippen LogP contribution in [0.25, 0.3) is 0 Å². The predicted molar refractivity (Wildman–Crippen MR) is 115 cm³/mol. The summed E-state index contributed by atoms with van der Waals surface area (Å²) >= 11 is 0. The van der Waals surface area contributed by atoms with Crippen LogP contribution in [-0.4, -0.2) is 29.0 Å². The zero-order valence-corrected chi connectivity index (χ0v) is 18.8. The van der Waals surface area contributed by atoms with E-state index in [1.807, 2.05) is 0 Å². The molecule has 0 aliphatic heterocycles. The highest BCUT2D eigenvalue weighted by Gasteiger charge is 2.60. The highest BCUT2D eigenvalue weighted by Crippen LogP contribution is 2.68. The van der Waals surface area contributed by atoms with Gasteiger partial charge in [0.25, 0.3) is 0 Å². The van der Waals surface area contributed by atoms with Gasteiger partial charge < -0.3 is 15.5 Å². The van der Waals surface area contributed by atoms with E-state index in [2.05, 4.69) is 26.1 Å². The summed E-state index contributed by atoms with van der Waals surface area (Å²) < 4.78 is 0. The summed E-state index contributed by atoms with van der Waals surface area (Å²) in [6, 6.07) is 0. The predicted octanol–water partition coefficient (Wildman–Crippen LogP) is 4.49. The van der Waals surface area contributed by atoms with E-state index in [9.17, 15) is 9.90 Å². The number of carbonyl (C=O) groups excluding carboxylic acids is 1. The topological polar surface area (TPSA) is 69.6 Å². The van der Waals surface area contributed by atoms with Gasteiger partial charge in [0.15, 0.2) is 0 Å². The summed E-state index contributed by atoms with van der Waals surface area (Å²) in [5.41, 5.74) is 0.890. The maximum absolute atomic E-state index is 11.8. The van der Waals surface area contributed by atoms with Crippen molar-refractivity contribution in [3.05, 3.63) is 0 Å². The monoisotopic (exact) mass is 405 g/mol. The Hall–Kier alpha value is -0.610. The Labute approximate surface area is 177 Å². The number of nitrogens with one attached hydrogen (secondary N) is 1. The van der Waals surface area contributed by atoms with E-state index in [0.29, 0.717) is 23.2 Å². The number of hydrogen-bond acceptors (Lipinski definition) is 3. The van der Waals surface area contributed by atoms with Gasteiger partial charge in [-0.3, -0.25) is 4.79 Å². The van der Waals surface area contributed by atoms with Gasteiger partial charge in [-0.1, -0.05) is 20.8 Å². The molecular weight excluding hydrogens is 362 g/mol. The third kappa shape index (κ3) is 3.67. The zero-order chi connectivity index (χ0) is 20.8. The molecule has 166 valence electrons. The van der Waals surface area contributed by atoms with E-state index in [1.54, 1.807) is 0 Å². The summed E-state index contributed by atoms with van der Waals surface area (Å²) in [4.78, 5) is 11.8. The van der Waals surface area contributed by atoms with Crippen LogP contribution in [0.2, 0.25) is 0 Å². The molecule has 0 radical (unpaired) electrons. The van der Waals surface area contributed by atoms with Gasteiger partial charge in [-0.05, 0) is 111 Å². The molecule has 3 N–H and O–H groups in total. The van der Waals surface area contributed by atoms with Crippen LogP contribution in [0.3, 0.4) is 0 Å². The van der Waals surface area contributed by atoms with Crippen molar-refractivity contribution in [2.75, 3.05) is 6.73 Å². The number of aliphatic hydroxyl groups excluding tert-OH is 2. The lowest BCUT2D eigenvalue weighted by Crippen LogP contribution is -2.54. The number of fused-ring (bicyclic) bond motifs is 5. The minimum absolute atomic E-state index is 0.0199. The van der Waals surface area contributed by atoms with Crippen molar-refractivity contribution in [3.8, 4) is 0 Å². The average molecular weight is 406 g/mol. The zero-order valence-electron chi connectivity index (χ0n) is 18.8. The van der Waals surface area contributed by atoms with Crippen LogP contribution in [0, 0.1) is 46.3 Å². The summed E-state index contributed by atoms with van der Waals surface area (Å²) in [6.45, 7) is 7.25. The fourth-order valence-electron chi connectivity index (χ4n) is 8.95. The van der Waals surface area contributed by atoms with Crippen molar-refractivity contribution in [2.24, 2.45) is 46.3 Å². The van der Waals surface area contributed by atoms with E-state index in [0.717, 1.165) is 48.9 Å². The van der Waals surface area contributed by atoms with E-state index in [4.69, 9.17) is 5.11 Å². The van der Waals surface area contributed by atoms with E-state index < -0.39 is 0 Å². The highest BCUT2D eigenvalue weighted by atomic mass is 16.3. The number of carbonyl (C=O) groups is 1. The Bertz CT molecular complexity index is 609. The smallest absolute Gasteiger partial charge is 0.221 e. The van der Waals surface area contributed by atoms with Gasteiger partial charge in [0.05, 0.1) is 6.10 Å². The maximum atomic E-state index is 11.8. The molecule has 4 fully saturated rings. The van der Waals surface area contributed by atoms with Gasteiger partial charge in [-0.2, -0.15) is 0 Å². The molecule has 0 heterocycles. The minimum atomic E-state index is -0.254. The third-order valence-electron chi connectivity index (χ3n) is 10.5. The van der Waals surface area contributed by atoms with Crippen molar-refractivity contribution in [1.29, 1.82) is 0 Å². The Morgan fingerprint density at radius 3 is 2.52 bits per heavy atom. The SMILES string of the molecule is CC(CCC(=O)NCO)[C@H]1CC[C@H]2[C@@H]3CC[C@@H]4C[C@H](O)CCC4(C)[C@H]3CC[C@]12C. The van der Waals surface area contributed by atoms with Gasteiger partial charge in [-0.25, -0.2) is 0 Å². The summed E-state index contributed by atoms with van der Waals surface area (Å²) in [7, 11) is 0. The molecule has 29 heavy (non-hydrogen) atoms. The Morgan fingerprint density at radius 2 is 1.76 bits per heavy atom. The van der Waals surface area contributed by atoms with Crippen LogP contribution in [0.5, 0.6) is 0 Å².